The van der Waals surface area contributed by atoms with Crippen molar-refractivity contribution >= 4 is 11.9 Å². The predicted molar refractivity (Wildman–Crippen MR) is 87.5 cm³/mol. The summed E-state index contributed by atoms with van der Waals surface area (Å²) in [4.78, 5) is 23.5. The fourth-order valence-electron chi connectivity index (χ4n) is 3.16. The van der Waals surface area contributed by atoms with Gasteiger partial charge in [-0.1, -0.05) is 42.5 Å². The molecule has 0 aliphatic heterocycles. The van der Waals surface area contributed by atoms with E-state index >= 15 is 0 Å². The van der Waals surface area contributed by atoms with E-state index in [1.807, 2.05) is 12.1 Å². The highest BCUT2D eigenvalue weighted by Crippen LogP contribution is 2.21. The van der Waals surface area contributed by atoms with Crippen LogP contribution in [0.1, 0.15) is 33.5 Å². The molecule has 0 spiro atoms. The molecule has 0 heterocycles. The minimum atomic E-state index is -1.00. The number of aryl methyl sites for hydroxylation is 1. The molecule has 0 saturated heterocycles. The normalized spacial score (nSPS) is 16.4. The van der Waals surface area contributed by atoms with Gasteiger partial charge in [0.05, 0.1) is 12.0 Å². The van der Waals surface area contributed by atoms with Gasteiger partial charge in [-0.05, 0) is 42.0 Å². The number of carbonyl (C=O) groups is 2. The van der Waals surface area contributed by atoms with E-state index in [1.54, 1.807) is 18.2 Å². The summed E-state index contributed by atoms with van der Waals surface area (Å²) in [6, 6.07) is 15.1. The van der Waals surface area contributed by atoms with Crippen LogP contribution in [0.2, 0.25) is 0 Å². The van der Waals surface area contributed by atoms with Crippen molar-refractivity contribution in [2.45, 2.75) is 31.7 Å². The molecule has 1 unspecified atom stereocenters. The van der Waals surface area contributed by atoms with Crippen LogP contribution >= 0.6 is 0 Å². The van der Waals surface area contributed by atoms with Crippen LogP contribution in [-0.2, 0) is 24.1 Å². The lowest BCUT2D eigenvalue weighted by molar-refractivity contribution is -0.121. The van der Waals surface area contributed by atoms with Crippen LogP contribution in [0.15, 0.2) is 48.5 Å². The Morgan fingerprint density at radius 2 is 1.74 bits per heavy atom. The highest BCUT2D eigenvalue weighted by molar-refractivity contribution is 5.91. The summed E-state index contributed by atoms with van der Waals surface area (Å²) in [6.45, 7) is 0. The lowest BCUT2D eigenvalue weighted by atomic mass is 9.88. The second-order valence-electron chi connectivity index (χ2n) is 5.92. The number of hydrogen-bond acceptors (Lipinski definition) is 2. The highest BCUT2D eigenvalue weighted by Gasteiger charge is 2.20. The van der Waals surface area contributed by atoms with Crippen molar-refractivity contribution in [3.8, 4) is 0 Å². The largest absolute Gasteiger partial charge is 0.478 e. The Hall–Kier alpha value is -2.62. The Morgan fingerprint density at radius 3 is 2.52 bits per heavy atom. The van der Waals surface area contributed by atoms with Crippen molar-refractivity contribution in [1.82, 2.24) is 5.32 Å². The number of carboxylic acids is 1. The van der Waals surface area contributed by atoms with Gasteiger partial charge >= 0.3 is 5.97 Å². The molecule has 2 N–H and O–H groups in total. The van der Waals surface area contributed by atoms with E-state index in [4.69, 9.17) is 0 Å². The third-order valence-corrected chi connectivity index (χ3v) is 4.31. The number of hydrogen-bond donors (Lipinski definition) is 2. The minimum absolute atomic E-state index is 0.0978. The van der Waals surface area contributed by atoms with Crippen LogP contribution in [0.3, 0.4) is 0 Å². The van der Waals surface area contributed by atoms with Crippen molar-refractivity contribution in [3.05, 3.63) is 70.8 Å². The molecule has 2 aromatic rings. The monoisotopic (exact) mass is 309 g/mol. The molecule has 1 amide bonds. The highest BCUT2D eigenvalue weighted by atomic mass is 16.4. The molecule has 3 rings (SSSR count). The van der Waals surface area contributed by atoms with Crippen molar-refractivity contribution < 1.29 is 14.7 Å². The first-order chi connectivity index (χ1) is 11.1. The summed E-state index contributed by atoms with van der Waals surface area (Å²) in [5.74, 6) is -1.12. The molecule has 0 bridgehead atoms. The van der Waals surface area contributed by atoms with E-state index in [0.717, 1.165) is 19.3 Å². The lowest BCUT2D eigenvalue weighted by Gasteiger charge is -2.25. The van der Waals surface area contributed by atoms with Gasteiger partial charge in [0.15, 0.2) is 0 Å². The number of fused-ring (bicyclic) bond motifs is 1. The summed E-state index contributed by atoms with van der Waals surface area (Å²) in [5.41, 5.74) is 3.38. The van der Waals surface area contributed by atoms with Crippen LogP contribution in [-0.4, -0.2) is 23.0 Å². The fraction of sp³-hybridized carbons (Fsp3) is 0.263. The number of aromatic carboxylic acids is 1. The lowest BCUT2D eigenvalue weighted by Crippen LogP contribution is -2.39. The third-order valence-electron chi connectivity index (χ3n) is 4.31. The Labute approximate surface area is 135 Å². The van der Waals surface area contributed by atoms with Crippen molar-refractivity contribution in [3.63, 3.8) is 0 Å². The van der Waals surface area contributed by atoms with Gasteiger partial charge in [-0.15, -0.1) is 0 Å². The fourth-order valence-corrected chi connectivity index (χ4v) is 3.16. The molecule has 118 valence electrons. The van der Waals surface area contributed by atoms with E-state index in [2.05, 4.69) is 17.4 Å². The van der Waals surface area contributed by atoms with Crippen LogP contribution in [0.25, 0.3) is 0 Å². The van der Waals surface area contributed by atoms with Gasteiger partial charge in [0.25, 0.3) is 0 Å². The van der Waals surface area contributed by atoms with Gasteiger partial charge in [-0.25, -0.2) is 4.79 Å². The standard InChI is InChI=1S/C19H19NO3/c21-18(12-15-7-3-4-8-17(15)19(22)23)20-16-10-9-13-5-1-2-6-14(13)11-16/h1-8,16H,9-12H2,(H,20,21)(H,22,23). The van der Waals surface area contributed by atoms with Crippen molar-refractivity contribution in [1.29, 1.82) is 0 Å². The molecule has 4 nitrogen and oxygen atoms in total. The molecule has 1 aliphatic carbocycles. The number of nitrogens with one attached hydrogen (secondary N) is 1. The van der Waals surface area contributed by atoms with E-state index in [9.17, 15) is 14.7 Å². The maximum absolute atomic E-state index is 12.3. The van der Waals surface area contributed by atoms with Gasteiger partial charge in [0, 0.05) is 6.04 Å². The zero-order chi connectivity index (χ0) is 16.2. The Kier molecular flexibility index (Phi) is 4.42. The summed E-state index contributed by atoms with van der Waals surface area (Å²) in [7, 11) is 0. The quantitative estimate of drug-likeness (QED) is 0.912. The van der Waals surface area contributed by atoms with E-state index in [-0.39, 0.29) is 23.9 Å². The molecule has 1 atom stereocenters. The van der Waals surface area contributed by atoms with Crippen LogP contribution in [0.5, 0.6) is 0 Å². The van der Waals surface area contributed by atoms with E-state index in [1.165, 1.54) is 17.2 Å². The average molecular weight is 309 g/mol. The van der Waals surface area contributed by atoms with Gasteiger partial charge in [-0.3, -0.25) is 4.79 Å². The SMILES string of the molecule is O=C(Cc1ccccc1C(=O)O)NC1CCc2ccccc2C1. The second kappa shape index (κ2) is 6.65. The molecule has 2 aromatic carbocycles. The number of benzene rings is 2. The first-order valence-corrected chi connectivity index (χ1v) is 7.81. The van der Waals surface area contributed by atoms with Gasteiger partial charge < -0.3 is 10.4 Å². The van der Waals surface area contributed by atoms with Gasteiger partial charge in [-0.2, -0.15) is 0 Å². The maximum Gasteiger partial charge on any atom is 0.335 e. The Bertz CT molecular complexity index is 739. The molecule has 1 aliphatic rings. The van der Waals surface area contributed by atoms with Crippen molar-refractivity contribution in [2.75, 3.05) is 0 Å². The predicted octanol–water partition coefficient (Wildman–Crippen LogP) is 2.60. The third kappa shape index (κ3) is 3.59. The van der Waals surface area contributed by atoms with Crippen LogP contribution in [0.4, 0.5) is 0 Å². The minimum Gasteiger partial charge on any atom is -0.478 e. The van der Waals surface area contributed by atoms with Crippen molar-refractivity contribution in [2.24, 2.45) is 0 Å². The summed E-state index contributed by atoms with van der Waals surface area (Å²) < 4.78 is 0. The molecular formula is C19H19NO3. The molecule has 0 aromatic heterocycles. The Balaban J connectivity index is 1.64. The van der Waals surface area contributed by atoms with Gasteiger partial charge in [0.1, 0.15) is 0 Å². The average Bonchev–Trinajstić information content (AvgIpc) is 2.55. The molecule has 0 saturated carbocycles. The molecule has 0 fully saturated rings. The first-order valence-electron chi connectivity index (χ1n) is 7.81. The zero-order valence-electron chi connectivity index (χ0n) is 12.8. The first kappa shape index (κ1) is 15.3. The van der Waals surface area contributed by atoms with Gasteiger partial charge in [0.2, 0.25) is 5.91 Å². The summed E-state index contributed by atoms with van der Waals surface area (Å²) in [6.07, 6.45) is 2.82. The van der Waals surface area contributed by atoms with E-state index < -0.39 is 5.97 Å². The number of carbonyl (C=O) groups excluding carboxylic acids is 1. The zero-order valence-corrected chi connectivity index (χ0v) is 12.8. The number of rotatable bonds is 4. The molecule has 0 radical (unpaired) electrons. The van der Waals surface area contributed by atoms with Crippen LogP contribution < -0.4 is 5.32 Å². The summed E-state index contributed by atoms with van der Waals surface area (Å²) >= 11 is 0. The summed E-state index contributed by atoms with van der Waals surface area (Å²) in [5, 5.41) is 12.2. The Morgan fingerprint density at radius 1 is 1.04 bits per heavy atom. The van der Waals surface area contributed by atoms with Crippen LogP contribution in [0, 0.1) is 0 Å². The molecular weight excluding hydrogens is 290 g/mol. The van der Waals surface area contributed by atoms with E-state index in [0.29, 0.717) is 5.56 Å². The number of amides is 1. The molecule has 4 heteroatoms. The smallest absolute Gasteiger partial charge is 0.335 e. The second-order valence-corrected chi connectivity index (χ2v) is 5.92. The number of carboxylic acid groups (broad SMARTS) is 1. The maximum atomic E-state index is 12.3. The topological polar surface area (TPSA) is 66.4 Å². The molecule has 23 heavy (non-hydrogen) atoms.